The van der Waals surface area contributed by atoms with E-state index in [1.807, 2.05) is 0 Å². The lowest BCUT2D eigenvalue weighted by Gasteiger charge is -2.06. The molecule has 0 fully saturated rings. The van der Waals surface area contributed by atoms with Crippen molar-refractivity contribution in [1.29, 1.82) is 0 Å². The summed E-state index contributed by atoms with van der Waals surface area (Å²) in [7, 11) is 0. The predicted octanol–water partition coefficient (Wildman–Crippen LogP) is 1.44. The van der Waals surface area contributed by atoms with E-state index in [2.05, 4.69) is 0 Å². The van der Waals surface area contributed by atoms with Crippen LogP contribution in [0.3, 0.4) is 0 Å². The monoisotopic (exact) mass is 276 g/mol. The fourth-order valence-electron chi connectivity index (χ4n) is 1.60. The fraction of sp³-hybridized carbons (Fsp3) is 0.154. The number of carbonyl (C=O) groups excluding carboxylic acids is 1. The Morgan fingerprint density at radius 2 is 2.10 bits per heavy atom. The molecular weight excluding hydrogens is 266 g/mol. The Balaban J connectivity index is 2.15. The molecule has 0 saturated carbocycles. The van der Waals surface area contributed by atoms with Gasteiger partial charge in [-0.25, -0.2) is 0 Å². The minimum absolute atomic E-state index is 0.0985. The molecule has 1 heterocycles. The minimum Gasteiger partial charge on any atom is -0.542 e. The first kappa shape index (κ1) is 13.6. The van der Waals surface area contributed by atoms with Gasteiger partial charge in [-0.1, -0.05) is 6.07 Å². The van der Waals surface area contributed by atoms with Gasteiger partial charge in [0.15, 0.2) is 5.75 Å². The SMILES string of the molecule is Cc1ccc([N+](=O)[O-])c(OCc2ccc(C(=O)[O-])o2)c1. The number of carbonyl (C=O) groups is 1. The molecule has 2 aromatic rings. The number of hydrogen-bond donors (Lipinski definition) is 0. The molecule has 7 nitrogen and oxygen atoms in total. The second-order valence-electron chi connectivity index (χ2n) is 4.07. The first-order chi connectivity index (χ1) is 9.47. The molecule has 104 valence electrons. The maximum atomic E-state index is 10.9. The smallest absolute Gasteiger partial charge is 0.310 e. The van der Waals surface area contributed by atoms with Crippen molar-refractivity contribution in [1.82, 2.24) is 0 Å². The molecule has 0 aliphatic carbocycles. The summed E-state index contributed by atoms with van der Waals surface area (Å²) in [6.07, 6.45) is 0. The van der Waals surface area contributed by atoms with Crippen LogP contribution in [0.1, 0.15) is 21.9 Å². The second kappa shape index (κ2) is 5.43. The van der Waals surface area contributed by atoms with Crippen LogP contribution in [-0.4, -0.2) is 10.9 Å². The number of rotatable bonds is 5. The van der Waals surface area contributed by atoms with Crippen LogP contribution in [-0.2, 0) is 6.61 Å². The van der Waals surface area contributed by atoms with Crippen LogP contribution in [0.25, 0.3) is 0 Å². The maximum Gasteiger partial charge on any atom is 0.310 e. The molecule has 0 saturated heterocycles. The molecule has 0 radical (unpaired) electrons. The van der Waals surface area contributed by atoms with Crippen molar-refractivity contribution >= 4 is 11.7 Å². The van der Waals surface area contributed by atoms with E-state index in [9.17, 15) is 20.0 Å². The Kier molecular flexibility index (Phi) is 3.69. The summed E-state index contributed by atoms with van der Waals surface area (Å²) >= 11 is 0. The number of nitrogens with zero attached hydrogens (tertiary/aromatic N) is 1. The molecule has 2 rings (SSSR count). The van der Waals surface area contributed by atoms with Crippen molar-refractivity contribution in [2.45, 2.75) is 13.5 Å². The van der Waals surface area contributed by atoms with Gasteiger partial charge in [-0.3, -0.25) is 10.1 Å². The van der Waals surface area contributed by atoms with Crippen molar-refractivity contribution in [3.8, 4) is 5.75 Å². The largest absolute Gasteiger partial charge is 0.542 e. The first-order valence-corrected chi connectivity index (χ1v) is 5.65. The van der Waals surface area contributed by atoms with Gasteiger partial charge >= 0.3 is 5.69 Å². The lowest BCUT2D eigenvalue weighted by atomic mass is 10.2. The van der Waals surface area contributed by atoms with Crippen LogP contribution >= 0.6 is 0 Å². The van der Waals surface area contributed by atoms with Crippen molar-refractivity contribution in [3.05, 3.63) is 57.5 Å². The highest BCUT2D eigenvalue weighted by Gasteiger charge is 2.15. The summed E-state index contributed by atoms with van der Waals surface area (Å²) in [4.78, 5) is 20.8. The van der Waals surface area contributed by atoms with Gasteiger partial charge in [-0.15, -0.1) is 0 Å². The highest BCUT2D eigenvalue weighted by Crippen LogP contribution is 2.28. The van der Waals surface area contributed by atoms with Gasteiger partial charge in [0.1, 0.15) is 24.1 Å². The quantitative estimate of drug-likeness (QED) is 0.604. The van der Waals surface area contributed by atoms with E-state index < -0.39 is 10.9 Å². The number of nitro benzene ring substituents is 1. The van der Waals surface area contributed by atoms with Gasteiger partial charge in [0, 0.05) is 6.07 Å². The number of benzene rings is 1. The number of carboxylic acid groups (broad SMARTS) is 1. The minimum atomic E-state index is -1.43. The summed E-state index contributed by atoms with van der Waals surface area (Å²) in [6.45, 7) is 1.66. The lowest BCUT2D eigenvalue weighted by Crippen LogP contribution is -2.21. The Labute approximate surface area is 113 Å². The number of hydrogen-bond acceptors (Lipinski definition) is 6. The van der Waals surface area contributed by atoms with E-state index >= 15 is 0 Å². The van der Waals surface area contributed by atoms with E-state index in [-0.39, 0.29) is 29.6 Å². The van der Waals surface area contributed by atoms with Gasteiger partial charge < -0.3 is 19.1 Å². The third-order valence-corrected chi connectivity index (χ3v) is 2.54. The molecule has 0 atom stereocenters. The molecule has 1 aromatic heterocycles. The molecule has 0 aliphatic rings. The molecule has 0 bridgehead atoms. The molecule has 0 spiro atoms. The van der Waals surface area contributed by atoms with Crippen molar-refractivity contribution < 1.29 is 24.0 Å². The van der Waals surface area contributed by atoms with Gasteiger partial charge in [0.2, 0.25) is 0 Å². The summed E-state index contributed by atoms with van der Waals surface area (Å²) in [5, 5.41) is 21.4. The molecule has 7 heteroatoms. The Bertz CT molecular complexity index is 661. The maximum absolute atomic E-state index is 10.9. The van der Waals surface area contributed by atoms with Crippen molar-refractivity contribution in [2.24, 2.45) is 0 Å². The zero-order valence-electron chi connectivity index (χ0n) is 10.5. The number of aromatic carboxylic acids is 1. The molecule has 0 unspecified atom stereocenters. The van der Waals surface area contributed by atoms with Crippen molar-refractivity contribution in [2.75, 3.05) is 0 Å². The zero-order valence-corrected chi connectivity index (χ0v) is 10.5. The van der Waals surface area contributed by atoms with Crippen LogP contribution in [0.15, 0.2) is 34.7 Å². The number of nitro groups is 1. The molecule has 1 aromatic carbocycles. The third-order valence-electron chi connectivity index (χ3n) is 2.54. The Morgan fingerprint density at radius 3 is 2.70 bits per heavy atom. The van der Waals surface area contributed by atoms with Crippen LogP contribution in [0.4, 0.5) is 5.69 Å². The average molecular weight is 276 g/mol. The number of carboxylic acids is 1. The van der Waals surface area contributed by atoms with Gasteiger partial charge in [0.25, 0.3) is 0 Å². The number of furan rings is 1. The number of aryl methyl sites for hydroxylation is 1. The summed E-state index contributed by atoms with van der Waals surface area (Å²) in [5.74, 6) is -1.42. The first-order valence-electron chi connectivity index (χ1n) is 5.65. The van der Waals surface area contributed by atoms with E-state index in [0.29, 0.717) is 0 Å². The van der Waals surface area contributed by atoms with Gasteiger partial charge in [-0.05, 0) is 30.7 Å². The molecule has 0 amide bonds. The third kappa shape index (κ3) is 2.94. The normalized spacial score (nSPS) is 10.2. The Hall–Kier alpha value is -2.83. The average Bonchev–Trinajstić information content (AvgIpc) is 2.85. The van der Waals surface area contributed by atoms with Crippen LogP contribution in [0.2, 0.25) is 0 Å². The van der Waals surface area contributed by atoms with Crippen LogP contribution < -0.4 is 9.84 Å². The van der Waals surface area contributed by atoms with Gasteiger partial charge in [-0.2, -0.15) is 0 Å². The van der Waals surface area contributed by atoms with E-state index in [1.165, 1.54) is 24.3 Å². The van der Waals surface area contributed by atoms with E-state index in [0.717, 1.165) is 5.56 Å². The lowest BCUT2D eigenvalue weighted by molar-refractivity contribution is -0.386. The van der Waals surface area contributed by atoms with Crippen LogP contribution in [0, 0.1) is 17.0 Å². The molecule has 20 heavy (non-hydrogen) atoms. The molecule has 0 N–H and O–H groups in total. The van der Waals surface area contributed by atoms with Gasteiger partial charge in [0.05, 0.1) is 4.92 Å². The summed E-state index contributed by atoms with van der Waals surface area (Å²) in [5.41, 5.74) is 0.641. The van der Waals surface area contributed by atoms with Crippen molar-refractivity contribution in [3.63, 3.8) is 0 Å². The van der Waals surface area contributed by atoms with Crippen LogP contribution in [0.5, 0.6) is 5.75 Å². The second-order valence-corrected chi connectivity index (χ2v) is 4.07. The topological polar surface area (TPSA) is 106 Å². The summed E-state index contributed by atoms with van der Waals surface area (Å²) in [6, 6.07) is 7.12. The standard InChI is InChI=1S/C13H11NO6/c1-8-2-4-10(14(17)18)12(6-8)19-7-9-3-5-11(20-9)13(15)16/h2-6H,7H2,1H3,(H,15,16)/p-1. The summed E-state index contributed by atoms with van der Waals surface area (Å²) < 4.78 is 10.3. The predicted molar refractivity (Wildman–Crippen MR) is 65.2 cm³/mol. The zero-order chi connectivity index (χ0) is 14.7. The fourth-order valence-corrected chi connectivity index (χ4v) is 1.60. The molecular formula is C13H10NO6-. The molecule has 0 aliphatic heterocycles. The van der Waals surface area contributed by atoms with E-state index in [1.54, 1.807) is 13.0 Å². The number of ether oxygens (including phenoxy) is 1. The highest BCUT2D eigenvalue weighted by molar-refractivity contribution is 5.82. The highest BCUT2D eigenvalue weighted by atomic mass is 16.6. The Morgan fingerprint density at radius 1 is 1.35 bits per heavy atom. The van der Waals surface area contributed by atoms with E-state index in [4.69, 9.17) is 9.15 Å².